The Morgan fingerprint density at radius 1 is 1.05 bits per heavy atom. The van der Waals surface area contributed by atoms with Crippen LogP contribution in [0.5, 0.6) is 0 Å². The summed E-state index contributed by atoms with van der Waals surface area (Å²) >= 11 is 0. The Bertz CT molecular complexity index is 744. The summed E-state index contributed by atoms with van der Waals surface area (Å²) < 4.78 is 2.09. The summed E-state index contributed by atoms with van der Waals surface area (Å²) in [5.74, 6) is -0.0698. The number of benzene rings is 2. The van der Waals surface area contributed by atoms with Crippen molar-refractivity contribution in [3.63, 3.8) is 0 Å². The highest BCUT2D eigenvalue weighted by Gasteiger charge is 2.14. The van der Waals surface area contributed by atoms with Gasteiger partial charge in [0.25, 0.3) is 5.91 Å². The predicted molar refractivity (Wildman–Crippen MR) is 82.0 cm³/mol. The van der Waals surface area contributed by atoms with Gasteiger partial charge >= 0.3 is 0 Å². The molecule has 2 aromatic carbocycles. The largest absolute Gasteiger partial charge is 0.347 e. The van der Waals surface area contributed by atoms with Gasteiger partial charge in [-0.3, -0.25) is 4.79 Å². The topological polar surface area (TPSA) is 34.0 Å². The van der Waals surface area contributed by atoms with Crippen molar-refractivity contribution in [1.29, 1.82) is 0 Å². The lowest BCUT2D eigenvalue weighted by molar-refractivity contribution is 0.102. The number of nitrogens with one attached hydrogen (secondary N) is 1. The molecule has 1 heterocycles. The molecule has 0 aliphatic heterocycles. The van der Waals surface area contributed by atoms with E-state index in [1.54, 1.807) is 0 Å². The summed E-state index contributed by atoms with van der Waals surface area (Å²) in [6.45, 7) is 2.92. The molecule has 0 aliphatic rings. The lowest BCUT2D eigenvalue weighted by Crippen LogP contribution is -2.11. The molecule has 20 heavy (non-hydrogen) atoms. The minimum atomic E-state index is -0.0698. The molecule has 3 rings (SSSR count). The maximum Gasteiger partial charge on any atom is 0.257 e. The summed E-state index contributed by atoms with van der Waals surface area (Å²) in [7, 11) is 0. The molecule has 0 atom stereocenters. The van der Waals surface area contributed by atoms with Crippen LogP contribution in [0.4, 0.5) is 5.69 Å². The van der Waals surface area contributed by atoms with Gasteiger partial charge in [-0.25, -0.2) is 0 Å². The summed E-state index contributed by atoms with van der Waals surface area (Å²) in [6.07, 6.45) is 1.92. The van der Waals surface area contributed by atoms with Crippen LogP contribution in [0.2, 0.25) is 0 Å². The van der Waals surface area contributed by atoms with Crippen LogP contribution < -0.4 is 5.32 Å². The number of para-hydroxylation sites is 2. The van der Waals surface area contributed by atoms with Crippen LogP contribution in [0.25, 0.3) is 10.9 Å². The second-order valence-electron chi connectivity index (χ2n) is 4.67. The number of nitrogens with zero attached hydrogens (tertiary/aromatic N) is 1. The van der Waals surface area contributed by atoms with Crippen LogP contribution in [-0.4, -0.2) is 10.5 Å². The van der Waals surface area contributed by atoms with Crippen molar-refractivity contribution in [2.45, 2.75) is 13.5 Å². The van der Waals surface area contributed by atoms with E-state index in [1.165, 1.54) is 0 Å². The standard InChI is InChI=1S/C17H16N2O/c1-2-19-12-15(14-10-6-7-11-16(14)19)17(20)18-13-8-4-3-5-9-13/h3-12H,2H2,1H3,(H,18,20). The number of carbonyl (C=O) groups is 1. The number of hydrogen-bond acceptors (Lipinski definition) is 1. The second-order valence-corrected chi connectivity index (χ2v) is 4.67. The number of anilines is 1. The van der Waals surface area contributed by atoms with Crippen LogP contribution >= 0.6 is 0 Å². The molecule has 100 valence electrons. The van der Waals surface area contributed by atoms with Gasteiger partial charge in [-0.2, -0.15) is 0 Å². The van der Waals surface area contributed by atoms with Crippen molar-refractivity contribution < 1.29 is 4.79 Å². The molecule has 0 spiro atoms. The smallest absolute Gasteiger partial charge is 0.257 e. The zero-order valence-electron chi connectivity index (χ0n) is 11.3. The quantitative estimate of drug-likeness (QED) is 0.764. The fourth-order valence-corrected chi connectivity index (χ4v) is 2.41. The fraction of sp³-hybridized carbons (Fsp3) is 0.118. The molecule has 0 saturated heterocycles. The first-order valence-electron chi connectivity index (χ1n) is 6.74. The molecule has 3 nitrogen and oxygen atoms in total. The van der Waals surface area contributed by atoms with Gasteiger partial charge in [-0.05, 0) is 25.1 Å². The molecule has 1 N–H and O–H groups in total. The molecule has 0 radical (unpaired) electrons. The molecular formula is C17H16N2O. The van der Waals surface area contributed by atoms with E-state index in [2.05, 4.69) is 16.8 Å². The van der Waals surface area contributed by atoms with Gasteiger partial charge < -0.3 is 9.88 Å². The van der Waals surface area contributed by atoms with Gasteiger partial charge in [0.15, 0.2) is 0 Å². The molecular weight excluding hydrogens is 248 g/mol. The molecule has 0 bridgehead atoms. The summed E-state index contributed by atoms with van der Waals surface area (Å²) in [5, 5.41) is 3.92. The Hall–Kier alpha value is -2.55. The van der Waals surface area contributed by atoms with Gasteiger partial charge in [-0.15, -0.1) is 0 Å². The van der Waals surface area contributed by atoms with Crippen molar-refractivity contribution in [3.8, 4) is 0 Å². The number of rotatable bonds is 3. The first-order chi connectivity index (χ1) is 9.79. The number of fused-ring (bicyclic) bond motifs is 1. The SMILES string of the molecule is CCn1cc(C(=O)Nc2ccccc2)c2ccccc21. The van der Waals surface area contributed by atoms with Gasteiger partial charge in [-0.1, -0.05) is 36.4 Å². The van der Waals surface area contributed by atoms with Gasteiger partial charge in [0.2, 0.25) is 0 Å². The van der Waals surface area contributed by atoms with Gasteiger partial charge in [0.1, 0.15) is 0 Å². The van der Waals surface area contributed by atoms with Crippen molar-refractivity contribution >= 4 is 22.5 Å². The molecule has 1 amide bonds. The first-order valence-corrected chi connectivity index (χ1v) is 6.74. The van der Waals surface area contributed by atoms with E-state index < -0.39 is 0 Å². The fourth-order valence-electron chi connectivity index (χ4n) is 2.41. The zero-order chi connectivity index (χ0) is 13.9. The van der Waals surface area contributed by atoms with Crippen molar-refractivity contribution in [3.05, 3.63) is 66.4 Å². The molecule has 0 saturated carbocycles. The van der Waals surface area contributed by atoms with E-state index in [1.807, 2.05) is 60.8 Å². The number of amides is 1. The minimum absolute atomic E-state index is 0.0698. The third-order valence-corrected chi connectivity index (χ3v) is 3.41. The average molecular weight is 264 g/mol. The lowest BCUT2D eigenvalue weighted by atomic mass is 10.1. The lowest BCUT2D eigenvalue weighted by Gasteiger charge is -2.03. The Kier molecular flexibility index (Phi) is 3.25. The van der Waals surface area contributed by atoms with Gasteiger partial charge in [0.05, 0.1) is 5.56 Å². The van der Waals surface area contributed by atoms with Crippen molar-refractivity contribution in [1.82, 2.24) is 4.57 Å². The minimum Gasteiger partial charge on any atom is -0.347 e. The molecule has 3 aromatic rings. The summed E-state index contributed by atoms with van der Waals surface area (Å²) in [5.41, 5.74) is 2.62. The molecule has 0 aliphatic carbocycles. The van der Waals surface area contributed by atoms with Crippen LogP contribution in [-0.2, 0) is 6.54 Å². The maximum absolute atomic E-state index is 12.4. The first kappa shape index (κ1) is 12.5. The normalized spacial score (nSPS) is 10.7. The highest BCUT2D eigenvalue weighted by atomic mass is 16.1. The summed E-state index contributed by atoms with van der Waals surface area (Å²) in [4.78, 5) is 12.4. The number of hydrogen-bond donors (Lipinski definition) is 1. The van der Waals surface area contributed by atoms with Crippen molar-refractivity contribution in [2.24, 2.45) is 0 Å². The molecule has 3 heteroatoms. The molecule has 1 aromatic heterocycles. The second kappa shape index (κ2) is 5.21. The average Bonchev–Trinajstić information content (AvgIpc) is 2.87. The summed E-state index contributed by atoms with van der Waals surface area (Å²) in [6, 6.07) is 17.5. The van der Waals surface area contributed by atoms with Crippen molar-refractivity contribution in [2.75, 3.05) is 5.32 Å². The van der Waals surface area contributed by atoms with E-state index in [4.69, 9.17) is 0 Å². The molecule has 0 unspecified atom stereocenters. The Morgan fingerprint density at radius 2 is 1.75 bits per heavy atom. The van der Waals surface area contributed by atoms with E-state index in [0.29, 0.717) is 5.56 Å². The van der Waals surface area contributed by atoms with E-state index >= 15 is 0 Å². The van der Waals surface area contributed by atoms with Gasteiger partial charge in [0, 0.05) is 29.3 Å². The maximum atomic E-state index is 12.4. The number of carbonyl (C=O) groups excluding carboxylic acids is 1. The van der Waals surface area contributed by atoms with Crippen LogP contribution in [0, 0.1) is 0 Å². The van der Waals surface area contributed by atoms with E-state index in [-0.39, 0.29) is 5.91 Å². The van der Waals surface area contributed by atoms with Crippen LogP contribution in [0.15, 0.2) is 60.8 Å². The Labute approximate surface area is 117 Å². The highest BCUT2D eigenvalue weighted by molar-refractivity contribution is 6.12. The van der Waals surface area contributed by atoms with E-state index in [0.717, 1.165) is 23.1 Å². The predicted octanol–water partition coefficient (Wildman–Crippen LogP) is 3.91. The Morgan fingerprint density at radius 3 is 2.50 bits per heavy atom. The number of aromatic nitrogens is 1. The van der Waals surface area contributed by atoms with Crippen LogP contribution in [0.3, 0.4) is 0 Å². The third-order valence-electron chi connectivity index (χ3n) is 3.41. The number of aryl methyl sites for hydroxylation is 1. The van der Waals surface area contributed by atoms with Crippen LogP contribution in [0.1, 0.15) is 17.3 Å². The monoisotopic (exact) mass is 264 g/mol. The molecule has 0 fully saturated rings. The zero-order valence-corrected chi connectivity index (χ0v) is 11.3. The highest BCUT2D eigenvalue weighted by Crippen LogP contribution is 2.22. The Balaban J connectivity index is 2.00. The third kappa shape index (κ3) is 2.18. The van der Waals surface area contributed by atoms with E-state index in [9.17, 15) is 4.79 Å².